The first kappa shape index (κ1) is 17.0. The van der Waals surface area contributed by atoms with Crippen LogP contribution in [0.15, 0.2) is 70.1 Å². The van der Waals surface area contributed by atoms with E-state index in [1.165, 1.54) is 11.8 Å². The fourth-order valence-corrected chi connectivity index (χ4v) is 3.05. The Bertz CT molecular complexity index is 890. The van der Waals surface area contributed by atoms with E-state index in [0.717, 1.165) is 4.90 Å². The van der Waals surface area contributed by atoms with Crippen LogP contribution in [0.5, 0.6) is 0 Å². The molecule has 0 unspecified atom stereocenters. The number of nitrogens with zero attached hydrogens (tertiary/aromatic N) is 1. The number of thioether (sulfide) groups is 1. The van der Waals surface area contributed by atoms with Crippen molar-refractivity contribution in [3.05, 3.63) is 77.6 Å². The van der Waals surface area contributed by atoms with Crippen LogP contribution in [0.4, 0.5) is 5.82 Å². The highest BCUT2D eigenvalue weighted by Crippen LogP contribution is 2.21. The third-order valence-electron chi connectivity index (χ3n) is 3.43. The lowest BCUT2D eigenvalue weighted by molar-refractivity contribution is 0.101. The number of Topliss-reactive ketones (excluding diaryl/α,β-unsaturated/α-hetero) is 1. The van der Waals surface area contributed by atoms with E-state index in [2.05, 4.69) is 10.5 Å². The van der Waals surface area contributed by atoms with E-state index < -0.39 is 0 Å². The van der Waals surface area contributed by atoms with Crippen LogP contribution in [-0.4, -0.2) is 22.6 Å². The summed E-state index contributed by atoms with van der Waals surface area (Å²) in [5, 5.41) is 6.42. The number of aromatic nitrogens is 1. The second kappa shape index (κ2) is 7.81. The molecule has 25 heavy (non-hydrogen) atoms. The minimum absolute atomic E-state index is 0.0542. The zero-order valence-corrected chi connectivity index (χ0v) is 14.4. The molecular formula is C19H16N2O3S. The number of ketones is 1. The predicted octanol–water partition coefficient (Wildman–Crippen LogP) is 4.21. The molecule has 3 aromatic rings. The van der Waals surface area contributed by atoms with Gasteiger partial charge in [0.1, 0.15) is 5.76 Å². The molecule has 1 amide bonds. The molecule has 2 aromatic carbocycles. The summed E-state index contributed by atoms with van der Waals surface area (Å²) in [5.74, 6) is 1.10. The van der Waals surface area contributed by atoms with Gasteiger partial charge in [-0.25, -0.2) is 0 Å². The van der Waals surface area contributed by atoms with E-state index in [-0.39, 0.29) is 11.7 Å². The van der Waals surface area contributed by atoms with Gasteiger partial charge in [-0.15, -0.1) is 11.8 Å². The second-order valence-corrected chi connectivity index (χ2v) is 6.43. The van der Waals surface area contributed by atoms with Gasteiger partial charge < -0.3 is 9.84 Å². The molecule has 0 aliphatic rings. The van der Waals surface area contributed by atoms with Crippen molar-refractivity contribution in [2.45, 2.75) is 11.8 Å². The molecule has 126 valence electrons. The monoisotopic (exact) mass is 352 g/mol. The van der Waals surface area contributed by atoms with E-state index >= 15 is 0 Å². The van der Waals surface area contributed by atoms with Crippen molar-refractivity contribution in [2.24, 2.45) is 0 Å². The van der Waals surface area contributed by atoms with Gasteiger partial charge in [0.2, 0.25) is 0 Å². The van der Waals surface area contributed by atoms with Crippen LogP contribution in [0.1, 0.15) is 26.5 Å². The van der Waals surface area contributed by atoms with Gasteiger partial charge in [0.25, 0.3) is 5.91 Å². The molecular weight excluding hydrogens is 336 g/mol. The van der Waals surface area contributed by atoms with Crippen LogP contribution in [0.2, 0.25) is 0 Å². The maximum absolute atomic E-state index is 12.3. The molecule has 0 atom stereocenters. The molecule has 0 aliphatic heterocycles. The zero-order chi connectivity index (χ0) is 17.6. The summed E-state index contributed by atoms with van der Waals surface area (Å²) in [5.41, 5.74) is 1.18. The van der Waals surface area contributed by atoms with Crippen LogP contribution in [0, 0.1) is 6.92 Å². The molecule has 0 aliphatic carbocycles. The molecule has 1 N–H and O–H groups in total. The first-order valence-corrected chi connectivity index (χ1v) is 8.66. The summed E-state index contributed by atoms with van der Waals surface area (Å²) in [6.45, 7) is 1.75. The van der Waals surface area contributed by atoms with Gasteiger partial charge in [-0.05, 0) is 25.1 Å². The maximum Gasteiger partial charge on any atom is 0.256 e. The fourth-order valence-electron chi connectivity index (χ4n) is 2.20. The number of hydrogen-bond acceptors (Lipinski definition) is 5. The zero-order valence-electron chi connectivity index (χ0n) is 13.6. The van der Waals surface area contributed by atoms with Crippen molar-refractivity contribution < 1.29 is 14.1 Å². The number of carbonyl (C=O) groups excluding carboxylic acids is 2. The summed E-state index contributed by atoms with van der Waals surface area (Å²) in [6, 6.07) is 17.9. The minimum atomic E-state index is -0.273. The third-order valence-corrected chi connectivity index (χ3v) is 4.43. The van der Waals surface area contributed by atoms with E-state index in [9.17, 15) is 9.59 Å². The average Bonchev–Trinajstić information content (AvgIpc) is 3.05. The second-order valence-electron chi connectivity index (χ2n) is 5.38. The molecule has 1 heterocycles. The molecule has 0 bridgehead atoms. The van der Waals surface area contributed by atoms with Crippen molar-refractivity contribution >= 4 is 29.3 Å². The summed E-state index contributed by atoms with van der Waals surface area (Å²) in [4.78, 5) is 25.3. The van der Waals surface area contributed by atoms with Gasteiger partial charge in [-0.3, -0.25) is 9.59 Å². The van der Waals surface area contributed by atoms with Crippen LogP contribution in [-0.2, 0) is 0 Å². The number of hydrogen-bond donors (Lipinski definition) is 1. The van der Waals surface area contributed by atoms with Crippen molar-refractivity contribution in [1.29, 1.82) is 0 Å². The number of amides is 1. The Morgan fingerprint density at radius 3 is 2.52 bits per heavy atom. The Kier molecular flexibility index (Phi) is 5.30. The highest BCUT2D eigenvalue weighted by atomic mass is 32.2. The lowest BCUT2D eigenvalue weighted by atomic mass is 10.2. The maximum atomic E-state index is 12.3. The van der Waals surface area contributed by atoms with E-state index in [4.69, 9.17) is 4.52 Å². The van der Waals surface area contributed by atoms with Crippen LogP contribution in [0.3, 0.4) is 0 Å². The molecule has 0 spiro atoms. The minimum Gasteiger partial charge on any atom is -0.360 e. The van der Waals surface area contributed by atoms with Gasteiger partial charge in [0, 0.05) is 22.1 Å². The van der Waals surface area contributed by atoms with E-state index in [0.29, 0.717) is 28.5 Å². The molecule has 3 rings (SSSR count). The molecule has 1 aromatic heterocycles. The van der Waals surface area contributed by atoms with Gasteiger partial charge >= 0.3 is 0 Å². The molecule has 0 fully saturated rings. The van der Waals surface area contributed by atoms with Crippen molar-refractivity contribution in [2.75, 3.05) is 11.1 Å². The Hall–Kier alpha value is -2.86. The van der Waals surface area contributed by atoms with Gasteiger partial charge in [0.05, 0.1) is 5.75 Å². The number of aryl methyl sites for hydroxylation is 1. The Labute approximate surface area is 149 Å². The summed E-state index contributed by atoms with van der Waals surface area (Å²) >= 11 is 1.40. The highest BCUT2D eigenvalue weighted by Gasteiger charge is 2.11. The largest absolute Gasteiger partial charge is 0.360 e. The third kappa shape index (κ3) is 4.58. The number of benzene rings is 2. The standard InChI is InChI=1S/C19H16N2O3S/c1-13-10-18(21-24-13)20-19(23)15-8-5-9-16(11-15)25-12-17(22)14-6-3-2-4-7-14/h2-11H,12H2,1H3,(H,20,21,23). The van der Waals surface area contributed by atoms with Crippen LogP contribution >= 0.6 is 11.8 Å². The summed E-state index contributed by atoms with van der Waals surface area (Å²) < 4.78 is 4.93. The van der Waals surface area contributed by atoms with Gasteiger partial charge in [0.15, 0.2) is 11.6 Å². The highest BCUT2D eigenvalue weighted by molar-refractivity contribution is 8.00. The molecule has 0 radical (unpaired) electrons. The first-order valence-electron chi connectivity index (χ1n) is 7.67. The summed E-state index contributed by atoms with van der Waals surface area (Å²) in [6.07, 6.45) is 0. The Morgan fingerprint density at radius 1 is 1.04 bits per heavy atom. The molecule has 0 saturated carbocycles. The molecule has 5 nitrogen and oxygen atoms in total. The first-order chi connectivity index (χ1) is 12.1. The van der Waals surface area contributed by atoms with Gasteiger partial charge in [-0.2, -0.15) is 0 Å². The average molecular weight is 352 g/mol. The number of nitrogens with one attached hydrogen (secondary N) is 1. The van der Waals surface area contributed by atoms with Crippen LogP contribution in [0.25, 0.3) is 0 Å². The van der Waals surface area contributed by atoms with Crippen molar-refractivity contribution in [3.8, 4) is 0 Å². The number of rotatable bonds is 6. The van der Waals surface area contributed by atoms with E-state index in [1.807, 2.05) is 24.3 Å². The fraction of sp³-hybridized carbons (Fsp3) is 0.105. The lowest BCUT2D eigenvalue weighted by Gasteiger charge is -2.05. The Morgan fingerprint density at radius 2 is 1.80 bits per heavy atom. The van der Waals surface area contributed by atoms with Crippen molar-refractivity contribution in [1.82, 2.24) is 5.16 Å². The molecule has 0 saturated heterocycles. The molecule has 6 heteroatoms. The lowest BCUT2D eigenvalue weighted by Crippen LogP contribution is -2.12. The van der Waals surface area contributed by atoms with Crippen LogP contribution < -0.4 is 5.32 Å². The number of carbonyl (C=O) groups is 2. The summed E-state index contributed by atoms with van der Waals surface area (Å²) in [7, 11) is 0. The van der Waals surface area contributed by atoms with Crippen molar-refractivity contribution in [3.63, 3.8) is 0 Å². The quantitative estimate of drug-likeness (QED) is 0.531. The smallest absolute Gasteiger partial charge is 0.256 e. The number of anilines is 1. The Balaban J connectivity index is 1.63. The normalized spacial score (nSPS) is 10.4. The predicted molar refractivity (Wildman–Crippen MR) is 97.1 cm³/mol. The topological polar surface area (TPSA) is 72.2 Å². The van der Waals surface area contributed by atoms with E-state index in [1.54, 1.807) is 43.3 Å². The SMILES string of the molecule is Cc1cc(NC(=O)c2cccc(SCC(=O)c3ccccc3)c2)no1. The van der Waals surface area contributed by atoms with Gasteiger partial charge in [-0.1, -0.05) is 41.6 Å².